The maximum atomic E-state index is 11.6. The van der Waals surface area contributed by atoms with Crippen molar-refractivity contribution in [1.29, 1.82) is 0 Å². The van der Waals surface area contributed by atoms with Crippen molar-refractivity contribution in [3.63, 3.8) is 0 Å². The topological polar surface area (TPSA) is 66.8 Å². The van der Waals surface area contributed by atoms with E-state index in [9.17, 15) is 15.0 Å². The lowest BCUT2D eigenvalue weighted by molar-refractivity contribution is 0.101. The highest BCUT2D eigenvalue weighted by molar-refractivity contribution is 7.99. The van der Waals surface area contributed by atoms with E-state index in [1.165, 1.54) is 6.92 Å². The zero-order valence-electron chi connectivity index (χ0n) is 14.8. The second-order valence-corrected chi connectivity index (χ2v) is 7.30. The minimum atomic E-state index is -0.159. The van der Waals surface area contributed by atoms with Crippen molar-refractivity contribution in [2.24, 2.45) is 0 Å². The lowest BCUT2D eigenvalue weighted by Crippen LogP contribution is -2.05. The highest BCUT2D eigenvalue weighted by atomic mass is 32.2. The maximum absolute atomic E-state index is 11.6. The summed E-state index contributed by atoms with van der Waals surface area (Å²) in [4.78, 5) is 12.6. The van der Waals surface area contributed by atoms with Crippen LogP contribution in [0, 0.1) is 0 Å². The average Bonchev–Trinajstić information content (AvgIpc) is 2.54. The summed E-state index contributed by atoms with van der Waals surface area (Å²) in [5, 5.41) is 19.8. The molecule has 2 aromatic rings. The van der Waals surface area contributed by atoms with Crippen molar-refractivity contribution in [3.8, 4) is 17.2 Å². The molecular formula is C20H24O4S. The first-order valence-corrected chi connectivity index (χ1v) is 9.30. The Morgan fingerprint density at radius 2 is 1.96 bits per heavy atom. The number of thioether (sulfide) groups is 1. The van der Waals surface area contributed by atoms with Gasteiger partial charge in [-0.1, -0.05) is 19.9 Å². The van der Waals surface area contributed by atoms with Crippen LogP contribution in [0.25, 0.3) is 0 Å². The maximum Gasteiger partial charge on any atom is 0.163 e. The molecule has 25 heavy (non-hydrogen) atoms. The smallest absolute Gasteiger partial charge is 0.163 e. The molecule has 0 fully saturated rings. The largest absolute Gasteiger partial charge is 0.508 e. The molecule has 134 valence electrons. The van der Waals surface area contributed by atoms with Gasteiger partial charge in [0.25, 0.3) is 0 Å². The molecule has 0 spiro atoms. The Bertz CT molecular complexity index is 740. The van der Waals surface area contributed by atoms with Gasteiger partial charge in [-0.25, -0.2) is 0 Å². The van der Waals surface area contributed by atoms with Crippen LogP contribution in [0.5, 0.6) is 17.2 Å². The number of phenols is 2. The zero-order valence-corrected chi connectivity index (χ0v) is 15.6. The van der Waals surface area contributed by atoms with E-state index in [4.69, 9.17) is 4.74 Å². The minimum absolute atomic E-state index is 0.0223. The molecular weight excluding hydrogens is 336 g/mol. The number of aromatic hydroxyl groups is 2. The molecule has 0 saturated carbocycles. The number of hydrogen-bond donors (Lipinski definition) is 2. The molecule has 0 aliphatic carbocycles. The van der Waals surface area contributed by atoms with Gasteiger partial charge in [-0.2, -0.15) is 0 Å². The Hall–Kier alpha value is -2.14. The van der Waals surface area contributed by atoms with Crippen LogP contribution in [0.1, 0.15) is 49.0 Å². The van der Waals surface area contributed by atoms with Crippen molar-refractivity contribution in [2.45, 2.75) is 38.0 Å². The van der Waals surface area contributed by atoms with Crippen molar-refractivity contribution >= 4 is 17.5 Å². The number of carbonyl (C=O) groups excluding carboxylic acids is 1. The van der Waals surface area contributed by atoms with Crippen LogP contribution in [0.3, 0.4) is 0 Å². The monoisotopic (exact) mass is 360 g/mol. The van der Waals surface area contributed by atoms with Crippen molar-refractivity contribution in [3.05, 3.63) is 47.5 Å². The first-order chi connectivity index (χ1) is 11.9. The van der Waals surface area contributed by atoms with Gasteiger partial charge in [0.1, 0.15) is 17.2 Å². The molecule has 0 atom stereocenters. The molecule has 0 amide bonds. The normalized spacial score (nSPS) is 10.9. The number of benzene rings is 2. The second kappa shape index (κ2) is 8.81. The van der Waals surface area contributed by atoms with E-state index in [2.05, 4.69) is 0 Å². The zero-order chi connectivity index (χ0) is 18.4. The first-order valence-electron chi connectivity index (χ1n) is 8.31. The van der Waals surface area contributed by atoms with Crippen molar-refractivity contribution < 1.29 is 19.7 Å². The Morgan fingerprint density at radius 3 is 2.60 bits per heavy atom. The van der Waals surface area contributed by atoms with Gasteiger partial charge in [-0.05, 0) is 49.6 Å². The number of Topliss-reactive ketones (excluding diaryl/α,β-unsaturated/α-hetero) is 1. The Morgan fingerprint density at radius 1 is 1.20 bits per heavy atom. The van der Waals surface area contributed by atoms with Crippen molar-refractivity contribution in [1.82, 2.24) is 0 Å². The van der Waals surface area contributed by atoms with Crippen LogP contribution < -0.4 is 4.74 Å². The van der Waals surface area contributed by atoms with E-state index in [0.29, 0.717) is 23.5 Å². The number of ether oxygens (including phenoxy) is 1. The van der Waals surface area contributed by atoms with E-state index < -0.39 is 0 Å². The predicted octanol–water partition coefficient (Wildman–Crippen LogP) is 4.99. The predicted molar refractivity (Wildman–Crippen MR) is 101 cm³/mol. The first kappa shape index (κ1) is 19.2. The fourth-order valence-corrected chi connectivity index (χ4v) is 3.44. The van der Waals surface area contributed by atoms with E-state index >= 15 is 0 Å². The number of ketones is 1. The van der Waals surface area contributed by atoms with Gasteiger partial charge in [-0.15, -0.1) is 11.8 Å². The molecule has 0 aliphatic rings. The van der Waals surface area contributed by atoms with Gasteiger partial charge in [0.2, 0.25) is 0 Å². The third kappa shape index (κ3) is 5.16. The molecule has 0 heterocycles. The lowest BCUT2D eigenvalue weighted by Gasteiger charge is -2.17. The average molecular weight is 360 g/mol. The third-order valence-corrected chi connectivity index (χ3v) is 4.85. The van der Waals surface area contributed by atoms with Crippen molar-refractivity contribution in [2.75, 3.05) is 12.4 Å². The molecule has 2 aromatic carbocycles. The molecule has 0 saturated heterocycles. The molecule has 2 N–H and O–H groups in total. The number of rotatable bonds is 8. The quantitative estimate of drug-likeness (QED) is 0.394. The van der Waals surface area contributed by atoms with Gasteiger partial charge in [-0.3, -0.25) is 4.79 Å². The summed E-state index contributed by atoms with van der Waals surface area (Å²) >= 11 is 1.66. The summed E-state index contributed by atoms with van der Waals surface area (Å²) < 4.78 is 5.84. The van der Waals surface area contributed by atoms with Gasteiger partial charge < -0.3 is 14.9 Å². The highest BCUT2D eigenvalue weighted by Gasteiger charge is 2.18. The molecule has 2 rings (SSSR count). The summed E-state index contributed by atoms with van der Waals surface area (Å²) in [5.74, 6) is 1.67. The van der Waals surface area contributed by atoms with E-state index in [1.54, 1.807) is 36.0 Å². The summed E-state index contributed by atoms with van der Waals surface area (Å²) in [6.45, 7) is 5.88. The van der Waals surface area contributed by atoms with Crippen LogP contribution in [-0.4, -0.2) is 28.4 Å². The number of carbonyl (C=O) groups is 1. The van der Waals surface area contributed by atoms with Gasteiger partial charge in [0.15, 0.2) is 5.78 Å². The van der Waals surface area contributed by atoms with E-state index in [1.807, 2.05) is 26.0 Å². The number of phenolic OH excluding ortho intramolecular Hbond substituents is 2. The Balaban J connectivity index is 1.94. The van der Waals surface area contributed by atoms with Gasteiger partial charge >= 0.3 is 0 Å². The van der Waals surface area contributed by atoms with Crippen LogP contribution in [0.4, 0.5) is 0 Å². The Labute approximate surface area is 152 Å². The molecule has 4 nitrogen and oxygen atoms in total. The summed E-state index contributed by atoms with van der Waals surface area (Å²) in [7, 11) is 0. The lowest BCUT2D eigenvalue weighted by atomic mass is 9.96. The SMILES string of the molecule is CC(=O)c1ccc(OCCCSc2cccc(O)c2)c(C(C)C)c1O. The Kier molecular flexibility index (Phi) is 6.76. The fraction of sp³-hybridized carbons (Fsp3) is 0.350. The molecule has 0 unspecified atom stereocenters. The van der Waals surface area contributed by atoms with E-state index in [-0.39, 0.29) is 23.2 Å². The molecule has 0 aromatic heterocycles. The molecule has 0 bridgehead atoms. The molecule has 0 aliphatic heterocycles. The fourth-order valence-electron chi connectivity index (χ4n) is 2.56. The van der Waals surface area contributed by atoms with E-state index in [0.717, 1.165) is 17.1 Å². The molecule has 5 heteroatoms. The van der Waals surface area contributed by atoms with Crippen LogP contribution in [0.15, 0.2) is 41.3 Å². The highest BCUT2D eigenvalue weighted by Crippen LogP contribution is 2.37. The minimum Gasteiger partial charge on any atom is -0.508 e. The van der Waals surface area contributed by atoms with Crippen LogP contribution in [0.2, 0.25) is 0 Å². The molecule has 0 radical (unpaired) electrons. The summed E-state index contributed by atoms with van der Waals surface area (Å²) in [6.07, 6.45) is 0.826. The van der Waals surface area contributed by atoms with Crippen LogP contribution >= 0.6 is 11.8 Å². The second-order valence-electron chi connectivity index (χ2n) is 6.13. The number of hydrogen-bond acceptors (Lipinski definition) is 5. The van der Waals surface area contributed by atoms with Gasteiger partial charge in [0.05, 0.1) is 12.2 Å². The standard InChI is InChI=1S/C20H24O4S/c1-13(2)19-18(9-8-17(14(3)21)20(19)23)24-10-5-11-25-16-7-4-6-15(22)12-16/h4,6-9,12-13,22-23H,5,10-11H2,1-3H3. The van der Waals surface area contributed by atoms with Gasteiger partial charge in [0, 0.05) is 16.2 Å². The summed E-state index contributed by atoms with van der Waals surface area (Å²) in [5.41, 5.74) is 1.00. The van der Waals surface area contributed by atoms with Crippen LogP contribution in [-0.2, 0) is 0 Å². The summed E-state index contributed by atoms with van der Waals surface area (Å²) in [6, 6.07) is 10.5. The third-order valence-electron chi connectivity index (χ3n) is 3.77.